The molecule has 0 atom stereocenters. The molecule has 2 aromatic carbocycles. The fourth-order valence-electron chi connectivity index (χ4n) is 2.94. The minimum absolute atomic E-state index is 0.126. The van der Waals surface area contributed by atoms with Crippen molar-refractivity contribution in [1.29, 1.82) is 0 Å². The Bertz CT molecular complexity index is 1150. The van der Waals surface area contributed by atoms with Crippen molar-refractivity contribution in [2.45, 2.75) is 6.92 Å². The van der Waals surface area contributed by atoms with Gasteiger partial charge in [0.1, 0.15) is 5.75 Å². The SMILES string of the molecule is Cc1cc(OCC(=O)N/N=C\c2c[nH]c3ccccc23)c2ccccc2n1. The Morgan fingerprint density at radius 3 is 2.85 bits per heavy atom. The molecule has 2 aromatic heterocycles. The Balaban J connectivity index is 1.40. The van der Waals surface area contributed by atoms with Crippen LogP contribution < -0.4 is 10.2 Å². The summed E-state index contributed by atoms with van der Waals surface area (Å²) in [6.45, 7) is 1.77. The van der Waals surface area contributed by atoms with Gasteiger partial charge in [-0.1, -0.05) is 30.3 Å². The van der Waals surface area contributed by atoms with Crippen molar-refractivity contribution < 1.29 is 9.53 Å². The number of nitrogens with zero attached hydrogens (tertiary/aromatic N) is 2. The number of fused-ring (bicyclic) bond motifs is 2. The summed E-state index contributed by atoms with van der Waals surface area (Å²) in [5.41, 5.74) is 6.09. The van der Waals surface area contributed by atoms with E-state index in [9.17, 15) is 4.79 Å². The van der Waals surface area contributed by atoms with Crippen molar-refractivity contribution in [2.75, 3.05) is 6.61 Å². The molecule has 0 bridgehead atoms. The van der Waals surface area contributed by atoms with Crippen molar-refractivity contribution in [2.24, 2.45) is 5.10 Å². The molecule has 134 valence electrons. The molecular weight excluding hydrogens is 340 g/mol. The van der Waals surface area contributed by atoms with Gasteiger partial charge in [-0.2, -0.15) is 5.10 Å². The largest absolute Gasteiger partial charge is 0.483 e. The lowest BCUT2D eigenvalue weighted by Gasteiger charge is -2.09. The van der Waals surface area contributed by atoms with Gasteiger partial charge < -0.3 is 9.72 Å². The molecule has 27 heavy (non-hydrogen) atoms. The summed E-state index contributed by atoms with van der Waals surface area (Å²) in [7, 11) is 0. The quantitative estimate of drug-likeness (QED) is 0.423. The highest BCUT2D eigenvalue weighted by atomic mass is 16.5. The van der Waals surface area contributed by atoms with Crippen LogP contribution in [0.4, 0.5) is 0 Å². The van der Waals surface area contributed by atoms with Gasteiger partial charge in [0.2, 0.25) is 0 Å². The standard InChI is InChI=1S/C21H18N4O2/c1-14-10-20(17-7-3-5-9-19(17)24-14)27-13-21(26)25-23-12-15-11-22-18-8-4-2-6-16(15)18/h2-12,22H,13H2,1H3,(H,25,26)/b23-12-. The molecule has 6 nitrogen and oxygen atoms in total. The van der Waals surface area contributed by atoms with Crippen LogP contribution in [0.2, 0.25) is 0 Å². The van der Waals surface area contributed by atoms with E-state index in [1.165, 1.54) is 0 Å². The zero-order valence-electron chi connectivity index (χ0n) is 14.8. The van der Waals surface area contributed by atoms with Crippen LogP contribution in [0, 0.1) is 6.92 Å². The van der Waals surface area contributed by atoms with Gasteiger partial charge in [0.05, 0.1) is 11.7 Å². The number of H-pyrrole nitrogens is 1. The van der Waals surface area contributed by atoms with Gasteiger partial charge in [-0.3, -0.25) is 9.78 Å². The molecule has 4 rings (SSSR count). The first-order chi connectivity index (χ1) is 13.2. The van der Waals surface area contributed by atoms with Crippen LogP contribution in [0.15, 0.2) is 65.9 Å². The lowest BCUT2D eigenvalue weighted by atomic mass is 10.2. The number of aromatic nitrogens is 2. The number of hydrogen-bond donors (Lipinski definition) is 2. The number of ether oxygens (including phenoxy) is 1. The Morgan fingerprint density at radius 2 is 1.96 bits per heavy atom. The maximum atomic E-state index is 12.1. The fraction of sp³-hybridized carbons (Fsp3) is 0.0952. The van der Waals surface area contributed by atoms with E-state index in [1.54, 1.807) is 6.21 Å². The number of carbonyl (C=O) groups is 1. The van der Waals surface area contributed by atoms with Gasteiger partial charge in [0, 0.05) is 39.8 Å². The lowest BCUT2D eigenvalue weighted by Crippen LogP contribution is -2.24. The number of para-hydroxylation sites is 2. The molecule has 0 spiro atoms. The van der Waals surface area contributed by atoms with Crippen LogP contribution in [0.25, 0.3) is 21.8 Å². The van der Waals surface area contributed by atoms with Crippen LogP contribution in [0.3, 0.4) is 0 Å². The highest BCUT2D eigenvalue weighted by Crippen LogP contribution is 2.25. The summed E-state index contributed by atoms with van der Waals surface area (Å²) in [5.74, 6) is 0.304. The number of benzene rings is 2. The van der Waals surface area contributed by atoms with E-state index in [0.29, 0.717) is 5.75 Å². The summed E-state index contributed by atoms with van der Waals surface area (Å²) in [6, 6.07) is 17.4. The van der Waals surface area contributed by atoms with Gasteiger partial charge in [-0.15, -0.1) is 0 Å². The lowest BCUT2D eigenvalue weighted by molar-refractivity contribution is -0.123. The van der Waals surface area contributed by atoms with E-state index in [0.717, 1.165) is 33.1 Å². The summed E-state index contributed by atoms with van der Waals surface area (Å²) in [5, 5.41) is 5.94. The number of aryl methyl sites for hydroxylation is 1. The second kappa shape index (κ2) is 7.29. The predicted molar refractivity (Wildman–Crippen MR) is 106 cm³/mol. The molecule has 4 aromatic rings. The Hall–Kier alpha value is -3.67. The highest BCUT2D eigenvalue weighted by molar-refractivity contribution is 5.99. The topological polar surface area (TPSA) is 79.4 Å². The molecular formula is C21H18N4O2. The van der Waals surface area contributed by atoms with E-state index in [2.05, 4.69) is 20.5 Å². The monoisotopic (exact) mass is 358 g/mol. The number of carbonyl (C=O) groups excluding carboxylic acids is 1. The maximum Gasteiger partial charge on any atom is 0.277 e. The number of hydrogen-bond acceptors (Lipinski definition) is 4. The number of rotatable bonds is 5. The van der Waals surface area contributed by atoms with Crippen LogP contribution in [0.5, 0.6) is 5.75 Å². The van der Waals surface area contributed by atoms with Crippen LogP contribution >= 0.6 is 0 Å². The van der Waals surface area contributed by atoms with Gasteiger partial charge in [0.25, 0.3) is 5.91 Å². The normalized spacial score (nSPS) is 11.3. The first-order valence-electron chi connectivity index (χ1n) is 8.58. The molecule has 0 unspecified atom stereocenters. The minimum atomic E-state index is -0.329. The molecule has 0 aliphatic heterocycles. The van der Waals surface area contributed by atoms with Crippen LogP contribution in [-0.4, -0.2) is 28.7 Å². The van der Waals surface area contributed by atoms with E-state index in [4.69, 9.17) is 4.74 Å². The predicted octanol–water partition coefficient (Wildman–Crippen LogP) is 3.55. The zero-order valence-corrected chi connectivity index (χ0v) is 14.8. The summed E-state index contributed by atoms with van der Waals surface area (Å²) < 4.78 is 5.69. The number of hydrazone groups is 1. The number of nitrogens with one attached hydrogen (secondary N) is 2. The van der Waals surface area contributed by atoms with Crippen LogP contribution in [-0.2, 0) is 4.79 Å². The number of pyridine rings is 1. The molecule has 2 heterocycles. The van der Waals surface area contributed by atoms with Crippen molar-refractivity contribution in [1.82, 2.24) is 15.4 Å². The van der Waals surface area contributed by atoms with Gasteiger partial charge in [-0.05, 0) is 25.1 Å². The third kappa shape index (κ3) is 3.64. The van der Waals surface area contributed by atoms with E-state index in [-0.39, 0.29) is 12.5 Å². The Labute approximate surface area is 155 Å². The molecule has 0 saturated carbocycles. The second-order valence-electron chi connectivity index (χ2n) is 6.15. The van der Waals surface area contributed by atoms with E-state index >= 15 is 0 Å². The molecule has 2 N–H and O–H groups in total. The van der Waals surface area contributed by atoms with Crippen molar-refractivity contribution >= 4 is 33.9 Å². The fourth-order valence-corrected chi connectivity index (χ4v) is 2.94. The van der Waals surface area contributed by atoms with Crippen molar-refractivity contribution in [3.8, 4) is 5.75 Å². The summed E-state index contributed by atoms with van der Waals surface area (Å²) in [4.78, 5) is 19.7. The van der Waals surface area contributed by atoms with E-state index < -0.39 is 0 Å². The van der Waals surface area contributed by atoms with Crippen molar-refractivity contribution in [3.05, 3.63) is 72.1 Å². The Morgan fingerprint density at radius 1 is 1.19 bits per heavy atom. The average molecular weight is 358 g/mol. The van der Waals surface area contributed by atoms with Crippen LogP contribution in [0.1, 0.15) is 11.3 Å². The average Bonchev–Trinajstić information content (AvgIpc) is 3.09. The second-order valence-corrected chi connectivity index (χ2v) is 6.15. The zero-order chi connectivity index (χ0) is 18.6. The van der Waals surface area contributed by atoms with Gasteiger partial charge in [-0.25, -0.2) is 5.43 Å². The molecule has 0 aliphatic rings. The molecule has 6 heteroatoms. The highest BCUT2D eigenvalue weighted by Gasteiger charge is 2.07. The first kappa shape index (κ1) is 16.8. The smallest absolute Gasteiger partial charge is 0.277 e. The molecule has 0 saturated heterocycles. The first-order valence-corrected chi connectivity index (χ1v) is 8.58. The van der Waals surface area contributed by atoms with Gasteiger partial charge in [0.15, 0.2) is 6.61 Å². The Kier molecular flexibility index (Phi) is 4.53. The number of aromatic amines is 1. The molecule has 0 radical (unpaired) electrons. The summed E-state index contributed by atoms with van der Waals surface area (Å²) in [6.07, 6.45) is 3.46. The molecule has 0 fully saturated rings. The minimum Gasteiger partial charge on any atom is -0.483 e. The molecule has 1 amide bonds. The third-order valence-corrected chi connectivity index (χ3v) is 4.18. The maximum absolute atomic E-state index is 12.1. The van der Waals surface area contributed by atoms with Gasteiger partial charge >= 0.3 is 0 Å². The van der Waals surface area contributed by atoms with Crippen molar-refractivity contribution in [3.63, 3.8) is 0 Å². The van der Waals surface area contributed by atoms with E-state index in [1.807, 2.05) is 67.7 Å². The third-order valence-electron chi connectivity index (χ3n) is 4.18. The molecule has 0 aliphatic carbocycles. The number of amides is 1. The summed E-state index contributed by atoms with van der Waals surface area (Å²) >= 11 is 0.